The summed E-state index contributed by atoms with van der Waals surface area (Å²) in [7, 11) is 0. The van der Waals surface area contributed by atoms with Crippen LogP contribution in [0, 0.1) is 5.41 Å². The summed E-state index contributed by atoms with van der Waals surface area (Å²) < 4.78 is 5.80. The average molecular weight is 399 g/mol. The van der Waals surface area contributed by atoms with E-state index in [-0.39, 0.29) is 11.4 Å². The van der Waals surface area contributed by atoms with Crippen molar-refractivity contribution in [1.82, 2.24) is 5.01 Å². The van der Waals surface area contributed by atoms with Crippen LogP contribution in [0.1, 0.15) is 25.5 Å². The number of hydrogen-bond donors (Lipinski definition) is 1. The second kappa shape index (κ2) is 7.17. The van der Waals surface area contributed by atoms with Crippen LogP contribution in [0.2, 0.25) is 5.02 Å². The van der Waals surface area contributed by atoms with Crippen molar-refractivity contribution in [2.24, 2.45) is 10.1 Å². The number of hydrazone groups is 1. The van der Waals surface area contributed by atoms with E-state index in [4.69, 9.17) is 21.4 Å². The molecule has 6 nitrogen and oxygen atoms in total. The summed E-state index contributed by atoms with van der Waals surface area (Å²) in [6, 6.07) is 10.9. The van der Waals surface area contributed by atoms with Gasteiger partial charge < -0.3 is 4.42 Å². The van der Waals surface area contributed by atoms with Crippen LogP contribution in [0.3, 0.4) is 0 Å². The molecule has 2 aliphatic heterocycles. The highest BCUT2D eigenvalue weighted by molar-refractivity contribution is 8.26. The van der Waals surface area contributed by atoms with Gasteiger partial charge in [-0.1, -0.05) is 30.7 Å². The molecule has 4 rings (SSSR count). The van der Waals surface area contributed by atoms with Gasteiger partial charge in [-0.3, -0.25) is 10.2 Å². The second-order valence-corrected chi connectivity index (χ2v) is 7.45. The van der Waals surface area contributed by atoms with Crippen molar-refractivity contribution in [1.29, 1.82) is 5.41 Å². The van der Waals surface area contributed by atoms with Crippen molar-refractivity contribution >= 4 is 51.4 Å². The third-order valence-electron chi connectivity index (χ3n) is 3.98. The summed E-state index contributed by atoms with van der Waals surface area (Å²) in [6.45, 7) is 2.05. The number of amidine groups is 2. The molecule has 0 aliphatic carbocycles. The molecular weight excluding hydrogens is 384 g/mol. The van der Waals surface area contributed by atoms with E-state index in [0.717, 1.165) is 23.4 Å². The van der Waals surface area contributed by atoms with E-state index in [1.807, 2.05) is 12.1 Å². The minimum absolute atomic E-state index is 0.00399. The molecule has 8 heteroatoms. The van der Waals surface area contributed by atoms with Crippen LogP contribution in [0.4, 0.5) is 0 Å². The zero-order valence-corrected chi connectivity index (χ0v) is 16.0. The molecule has 1 aromatic carbocycles. The lowest BCUT2D eigenvalue weighted by molar-refractivity contribution is -0.114. The molecule has 27 heavy (non-hydrogen) atoms. The summed E-state index contributed by atoms with van der Waals surface area (Å²) in [5.74, 6) is 0.626. The van der Waals surface area contributed by atoms with Gasteiger partial charge in [0, 0.05) is 10.6 Å². The van der Waals surface area contributed by atoms with Gasteiger partial charge in [-0.25, -0.2) is 0 Å². The molecule has 0 fully saturated rings. The van der Waals surface area contributed by atoms with Gasteiger partial charge in [-0.05, 0) is 54.9 Å². The van der Waals surface area contributed by atoms with Gasteiger partial charge in [0.15, 0.2) is 5.84 Å². The second-order valence-electron chi connectivity index (χ2n) is 5.98. The quantitative estimate of drug-likeness (QED) is 0.733. The van der Waals surface area contributed by atoms with E-state index < -0.39 is 5.91 Å². The standard InChI is InChI=1S/C19H15ClN4O2S/c1-2-4-16-23-24-17(21)14(18(25)22-19(24)27-16)10-13-7-8-15(26-13)11-5-3-6-12(20)9-11/h3,5-10,21H,2,4H2,1H3/b14-10+,21-17?. The summed E-state index contributed by atoms with van der Waals surface area (Å²) in [6.07, 6.45) is 3.26. The first-order chi connectivity index (χ1) is 13.0. The molecule has 2 aliphatic rings. The van der Waals surface area contributed by atoms with E-state index in [1.165, 1.54) is 22.8 Å². The number of halogens is 1. The Balaban J connectivity index is 1.63. The van der Waals surface area contributed by atoms with Crippen molar-refractivity contribution in [3.05, 3.63) is 52.8 Å². The monoisotopic (exact) mass is 398 g/mol. The topological polar surface area (TPSA) is 82.0 Å². The number of benzene rings is 1. The maximum absolute atomic E-state index is 12.4. The molecule has 136 valence electrons. The summed E-state index contributed by atoms with van der Waals surface area (Å²) in [5.41, 5.74) is 0.982. The Kier molecular flexibility index (Phi) is 4.72. The maximum Gasteiger partial charge on any atom is 0.283 e. The molecule has 1 amide bonds. The van der Waals surface area contributed by atoms with E-state index in [0.29, 0.717) is 21.7 Å². The first-order valence-corrected chi connectivity index (χ1v) is 9.59. The van der Waals surface area contributed by atoms with Gasteiger partial charge in [0.05, 0.1) is 5.57 Å². The summed E-state index contributed by atoms with van der Waals surface area (Å²) in [4.78, 5) is 16.5. The largest absolute Gasteiger partial charge is 0.457 e. The lowest BCUT2D eigenvalue weighted by atomic mass is 10.1. The summed E-state index contributed by atoms with van der Waals surface area (Å²) in [5, 5.41) is 16.1. The normalized spacial score (nSPS) is 18.0. The number of fused-ring (bicyclic) bond motifs is 1. The Morgan fingerprint density at radius 3 is 2.96 bits per heavy atom. The van der Waals surface area contributed by atoms with Crippen LogP contribution in [-0.2, 0) is 4.79 Å². The highest BCUT2D eigenvalue weighted by atomic mass is 35.5. The Morgan fingerprint density at radius 1 is 1.33 bits per heavy atom. The number of nitrogens with one attached hydrogen (secondary N) is 1. The number of rotatable bonds is 4. The van der Waals surface area contributed by atoms with E-state index in [9.17, 15) is 4.79 Å². The number of amides is 1. The van der Waals surface area contributed by atoms with Crippen LogP contribution in [-0.4, -0.2) is 27.0 Å². The number of hydrogen-bond acceptors (Lipinski definition) is 5. The SMILES string of the molecule is CCCC1=NN2C(=N)/C(=C\c3ccc(-c4cccc(Cl)c4)o3)C(=O)N=C2S1. The zero-order valence-electron chi connectivity index (χ0n) is 14.4. The highest BCUT2D eigenvalue weighted by Crippen LogP contribution is 2.31. The van der Waals surface area contributed by atoms with Gasteiger partial charge in [0.2, 0.25) is 5.17 Å². The third-order valence-corrected chi connectivity index (χ3v) is 5.19. The molecular formula is C19H15ClN4O2S. The third kappa shape index (κ3) is 3.48. The predicted molar refractivity (Wildman–Crippen MR) is 109 cm³/mol. The molecule has 0 spiro atoms. The molecule has 0 bridgehead atoms. The molecule has 1 N–H and O–H groups in total. The van der Waals surface area contributed by atoms with Crippen LogP contribution < -0.4 is 0 Å². The molecule has 0 saturated carbocycles. The Bertz CT molecular complexity index is 1040. The number of aliphatic imine (C=N–C) groups is 1. The number of nitrogens with zero attached hydrogens (tertiary/aromatic N) is 3. The van der Waals surface area contributed by atoms with Crippen LogP contribution in [0.15, 0.2) is 56.5 Å². The van der Waals surface area contributed by atoms with Gasteiger partial charge in [0.25, 0.3) is 5.91 Å². The molecule has 3 heterocycles. The van der Waals surface area contributed by atoms with Crippen LogP contribution in [0.5, 0.6) is 0 Å². The van der Waals surface area contributed by atoms with Crippen molar-refractivity contribution in [3.63, 3.8) is 0 Å². The molecule has 1 aromatic heterocycles. The van der Waals surface area contributed by atoms with Crippen molar-refractivity contribution in [3.8, 4) is 11.3 Å². The minimum Gasteiger partial charge on any atom is -0.457 e. The fraction of sp³-hybridized carbons (Fsp3) is 0.158. The highest BCUT2D eigenvalue weighted by Gasteiger charge is 2.35. The van der Waals surface area contributed by atoms with E-state index in [1.54, 1.807) is 24.3 Å². The number of thioether (sulfide) groups is 1. The number of carbonyl (C=O) groups excluding carboxylic acids is 1. The fourth-order valence-electron chi connectivity index (χ4n) is 2.72. The number of carbonyl (C=O) groups is 1. The van der Waals surface area contributed by atoms with Gasteiger partial charge in [-0.2, -0.15) is 15.1 Å². The molecule has 0 radical (unpaired) electrons. The minimum atomic E-state index is -0.465. The van der Waals surface area contributed by atoms with Gasteiger partial charge in [-0.15, -0.1) is 0 Å². The zero-order chi connectivity index (χ0) is 19.0. The average Bonchev–Trinajstić information content (AvgIpc) is 3.26. The molecule has 0 unspecified atom stereocenters. The van der Waals surface area contributed by atoms with Crippen molar-refractivity contribution < 1.29 is 9.21 Å². The Hall–Kier alpha value is -2.64. The number of furan rings is 1. The van der Waals surface area contributed by atoms with Crippen LogP contribution in [0.25, 0.3) is 17.4 Å². The first-order valence-electron chi connectivity index (χ1n) is 8.40. The smallest absolute Gasteiger partial charge is 0.283 e. The van der Waals surface area contributed by atoms with E-state index in [2.05, 4.69) is 17.0 Å². The fourth-order valence-corrected chi connectivity index (χ4v) is 3.89. The van der Waals surface area contributed by atoms with Crippen molar-refractivity contribution in [2.75, 3.05) is 0 Å². The molecule has 0 saturated heterocycles. The predicted octanol–water partition coefficient (Wildman–Crippen LogP) is 5.02. The van der Waals surface area contributed by atoms with Crippen molar-refractivity contribution in [2.45, 2.75) is 19.8 Å². The van der Waals surface area contributed by atoms with Gasteiger partial charge >= 0.3 is 0 Å². The molecule has 0 atom stereocenters. The lowest BCUT2D eigenvalue weighted by Gasteiger charge is -2.19. The van der Waals surface area contributed by atoms with E-state index >= 15 is 0 Å². The van der Waals surface area contributed by atoms with Gasteiger partial charge in [0.1, 0.15) is 16.6 Å². The molecule has 2 aromatic rings. The Labute approximate surface area is 165 Å². The van der Waals surface area contributed by atoms with Crippen LogP contribution >= 0.6 is 23.4 Å². The maximum atomic E-state index is 12.4. The first kappa shape index (κ1) is 17.8. The Morgan fingerprint density at radius 2 is 2.19 bits per heavy atom. The lowest BCUT2D eigenvalue weighted by Crippen LogP contribution is -2.35. The summed E-state index contributed by atoms with van der Waals surface area (Å²) >= 11 is 7.36.